The Morgan fingerprint density at radius 1 is 1.18 bits per heavy atom. The van der Waals surface area contributed by atoms with Crippen LogP contribution in [0.3, 0.4) is 0 Å². The molecule has 2 aromatic heterocycles. The molecule has 12 nitrogen and oxygen atoms in total. The van der Waals surface area contributed by atoms with E-state index in [9.17, 15) is 8.42 Å². The number of hydrogen-bond acceptors (Lipinski definition) is 10. The zero-order chi connectivity index (χ0) is 24.9. The number of hydrogen-bond donors (Lipinski definition) is 1. The summed E-state index contributed by atoms with van der Waals surface area (Å²) in [5, 5.41) is 7.69. The molecule has 0 amide bonds. The summed E-state index contributed by atoms with van der Waals surface area (Å²) in [6.45, 7) is 3.99. The number of nitrogens with zero attached hydrogens (tertiary/aromatic N) is 5. The minimum Gasteiger partial charge on any atom is -0.382 e. The number of ether oxygens (including phenoxy) is 4. The summed E-state index contributed by atoms with van der Waals surface area (Å²) in [5.41, 5.74) is 0. The summed E-state index contributed by atoms with van der Waals surface area (Å²) in [6.07, 6.45) is 3.19. The van der Waals surface area contributed by atoms with Gasteiger partial charge in [-0.2, -0.15) is 0 Å². The van der Waals surface area contributed by atoms with E-state index in [1.54, 1.807) is 18.8 Å². The van der Waals surface area contributed by atoms with E-state index in [0.717, 1.165) is 12.8 Å². The molecule has 190 valence electrons. The minimum atomic E-state index is -4.02. The molecule has 1 aliphatic heterocycles. The lowest BCUT2D eigenvalue weighted by molar-refractivity contribution is 0.0406. The van der Waals surface area contributed by atoms with Crippen LogP contribution in [0.15, 0.2) is 12.4 Å². The first-order chi connectivity index (χ1) is 16.2. The van der Waals surface area contributed by atoms with E-state index in [4.69, 9.17) is 30.5 Å². The molecule has 1 saturated heterocycles. The number of methoxy groups -OCH3 is 3. The summed E-state index contributed by atoms with van der Waals surface area (Å²) >= 11 is 5.85. The van der Waals surface area contributed by atoms with Crippen LogP contribution in [0, 0.1) is 0 Å². The first-order valence-electron chi connectivity index (χ1n) is 10.8. The minimum absolute atomic E-state index is 0.0379. The first-order valence-corrected chi connectivity index (χ1v) is 12.7. The summed E-state index contributed by atoms with van der Waals surface area (Å²) in [4.78, 5) is 8.21. The Bertz CT molecular complexity index is 1030. The second-order valence-electron chi connectivity index (χ2n) is 8.10. The summed E-state index contributed by atoms with van der Waals surface area (Å²) in [7, 11) is 0.482. The van der Waals surface area contributed by atoms with Crippen LogP contribution in [-0.2, 0) is 29.0 Å². The van der Waals surface area contributed by atoms with Gasteiger partial charge in [0.25, 0.3) is 0 Å². The molecular formula is C20H31ClN6O6S. The van der Waals surface area contributed by atoms with E-state index in [0.29, 0.717) is 10.8 Å². The lowest BCUT2D eigenvalue weighted by atomic mass is 10.2. The van der Waals surface area contributed by atoms with Crippen LogP contribution in [-0.4, -0.2) is 79.0 Å². The van der Waals surface area contributed by atoms with E-state index in [1.165, 1.54) is 26.4 Å². The average molecular weight is 519 g/mol. The largest absolute Gasteiger partial charge is 0.382 e. The van der Waals surface area contributed by atoms with Gasteiger partial charge >= 0.3 is 0 Å². The fourth-order valence-corrected chi connectivity index (χ4v) is 5.12. The maximum Gasteiger partial charge on any atom is 0.240 e. The molecule has 3 heterocycles. The molecule has 34 heavy (non-hydrogen) atoms. The molecule has 0 bridgehead atoms. The average Bonchev–Trinajstić information content (AvgIpc) is 3.41. The van der Waals surface area contributed by atoms with Gasteiger partial charge in [0.05, 0.1) is 30.4 Å². The molecule has 14 heteroatoms. The number of halogens is 1. The van der Waals surface area contributed by atoms with Gasteiger partial charge in [-0.1, -0.05) is 11.6 Å². The quantitative estimate of drug-likeness (QED) is 0.445. The molecule has 0 aliphatic carbocycles. The molecule has 2 aromatic rings. The predicted octanol–water partition coefficient (Wildman–Crippen LogP) is 2.31. The van der Waals surface area contributed by atoms with Gasteiger partial charge in [0.1, 0.15) is 17.5 Å². The van der Waals surface area contributed by atoms with Gasteiger partial charge in [-0.3, -0.25) is 9.29 Å². The predicted molar refractivity (Wildman–Crippen MR) is 124 cm³/mol. The van der Waals surface area contributed by atoms with Crippen molar-refractivity contribution in [2.45, 2.75) is 56.3 Å². The van der Waals surface area contributed by atoms with Gasteiger partial charge in [0, 0.05) is 33.7 Å². The molecule has 1 aliphatic rings. The Kier molecular flexibility index (Phi) is 9.18. The first kappa shape index (κ1) is 26.7. The number of rotatable bonds is 12. The monoisotopic (exact) mass is 518 g/mol. The van der Waals surface area contributed by atoms with Crippen LogP contribution >= 0.6 is 11.6 Å². The van der Waals surface area contributed by atoms with E-state index in [2.05, 4.69) is 24.9 Å². The molecule has 1 fully saturated rings. The zero-order valence-electron chi connectivity index (χ0n) is 19.8. The number of aromatic nitrogens is 5. The fourth-order valence-electron chi connectivity index (χ4n) is 3.89. The molecule has 1 N–H and O–H groups in total. The van der Waals surface area contributed by atoms with Crippen LogP contribution in [0.1, 0.15) is 56.6 Å². The lowest BCUT2D eigenvalue weighted by Crippen LogP contribution is -2.34. The van der Waals surface area contributed by atoms with Crippen molar-refractivity contribution in [2.75, 3.05) is 39.3 Å². The Morgan fingerprint density at radius 2 is 1.82 bits per heavy atom. The second-order valence-corrected chi connectivity index (χ2v) is 10.6. The van der Waals surface area contributed by atoms with Crippen molar-refractivity contribution in [2.24, 2.45) is 0 Å². The highest BCUT2D eigenvalue weighted by molar-refractivity contribution is 7.93. The molecule has 0 spiro atoms. The standard InChI is InChI=1S/C20H31ClN6O6S/c1-12-6-7-16(33-12)19-24-25-20(27(19)15(10-30-3)11-31-4)26-34(28,29)13(2)17(32-5)18-22-8-14(21)9-23-18/h8-9,12-13,15-17H,6-7,10-11H2,1-5H3,(H,25,26)/t12-,13?,16-,17?/m0/s1. The number of anilines is 1. The summed E-state index contributed by atoms with van der Waals surface area (Å²) in [5.74, 6) is 0.742. The van der Waals surface area contributed by atoms with Crippen molar-refractivity contribution in [3.8, 4) is 0 Å². The third-order valence-electron chi connectivity index (χ3n) is 5.62. The van der Waals surface area contributed by atoms with Gasteiger partial charge < -0.3 is 18.9 Å². The van der Waals surface area contributed by atoms with Crippen molar-refractivity contribution in [1.29, 1.82) is 0 Å². The third-order valence-corrected chi connectivity index (χ3v) is 7.51. The van der Waals surface area contributed by atoms with Crippen LogP contribution in [0.5, 0.6) is 0 Å². The van der Waals surface area contributed by atoms with Crippen molar-refractivity contribution < 1.29 is 27.4 Å². The van der Waals surface area contributed by atoms with E-state index >= 15 is 0 Å². The Hall–Kier alpha value is -1.90. The highest BCUT2D eigenvalue weighted by atomic mass is 35.5. The lowest BCUT2D eigenvalue weighted by Gasteiger charge is -2.25. The van der Waals surface area contributed by atoms with Crippen LogP contribution < -0.4 is 4.72 Å². The Labute approximate surface area is 204 Å². The highest BCUT2D eigenvalue weighted by Gasteiger charge is 2.36. The van der Waals surface area contributed by atoms with Crippen molar-refractivity contribution in [3.05, 3.63) is 29.1 Å². The highest BCUT2D eigenvalue weighted by Crippen LogP contribution is 2.35. The van der Waals surface area contributed by atoms with Gasteiger partial charge in [-0.25, -0.2) is 18.4 Å². The van der Waals surface area contributed by atoms with Gasteiger partial charge in [-0.15, -0.1) is 10.2 Å². The van der Waals surface area contributed by atoms with Crippen molar-refractivity contribution >= 4 is 27.6 Å². The van der Waals surface area contributed by atoms with Crippen LogP contribution in [0.2, 0.25) is 5.02 Å². The number of sulfonamides is 1. The topological polar surface area (TPSA) is 140 Å². The molecule has 4 atom stereocenters. The van der Waals surface area contributed by atoms with Crippen LogP contribution in [0.25, 0.3) is 0 Å². The van der Waals surface area contributed by atoms with E-state index in [1.807, 2.05) is 6.92 Å². The molecule has 2 unspecified atom stereocenters. The zero-order valence-corrected chi connectivity index (χ0v) is 21.4. The van der Waals surface area contributed by atoms with E-state index in [-0.39, 0.29) is 43.2 Å². The normalized spacial score (nSPS) is 20.6. The second kappa shape index (κ2) is 11.7. The smallest absolute Gasteiger partial charge is 0.240 e. The van der Waals surface area contributed by atoms with Gasteiger partial charge in [0.2, 0.25) is 16.0 Å². The van der Waals surface area contributed by atoms with E-state index < -0.39 is 21.4 Å². The number of nitrogens with one attached hydrogen (secondary N) is 1. The van der Waals surface area contributed by atoms with Crippen molar-refractivity contribution in [1.82, 2.24) is 24.7 Å². The van der Waals surface area contributed by atoms with Gasteiger partial charge in [-0.05, 0) is 26.7 Å². The van der Waals surface area contributed by atoms with Crippen molar-refractivity contribution in [3.63, 3.8) is 0 Å². The SMILES string of the molecule is COCC(COC)n1c(NS(=O)(=O)C(C)C(OC)c2ncc(Cl)cn2)nnc1[C@@H]1CC[C@H](C)O1. The van der Waals surface area contributed by atoms with Crippen LogP contribution in [0.4, 0.5) is 5.95 Å². The molecular weight excluding hydrogens is 488 g/mol. The summed E-state index contributed by atoms with van der Waals surface area (Å²) in [6, 6.07) is -0.384. The molecule has 3 rings (SSSR count). The fraction of sp³-hybridized carbons (Fsp3) is 0.700. The third kappa shape index (κ3) is 6.01. The Balaban J connectivity index is 1.94. The van der Waals surface area contributed by atoms with Gasteiger partial charge in [0.15, 0.2) is 11.6 Å². The molecule has 0 aromatic carbocycles. The summed E-state index contributed by atoms with van der Waals surface area (Å²) < 4.78 is 53.1. The maximum absolute atomic E-state index is 13.4. The Morgan fingerprint density at radius 3 is 2.35 bits per heavy atom. The molecule has 0 saturated carbocycles. The maximum atomic E-state index is 13.4. The molecule has 0 radical (unpaired) electrons.